The van der Waals surface area contributed by atoms with Gasteiger partial charge in [-0.3, -0.25) is 9.36 Å². The van der Waals surface area contributed by atoms with Gasteiger partial charge in [-0.15, -0.1) is 0 Å². The number of nitrogens with zero attached hydrogens (tertiary/aromatic N) is 4. The van der Waals surface area contributed by atoms with E-state index in [9.17, 15) is 19.5 Å². The van der Waals surface area contributed by atoms with Crippen LogP contribution in [0.15, 0.2) is 34.3 Å². The van der Waals surface area contributed by atoms with Gasteiger partial charge in [-0.1, -0.05) is 6.08 Å². The van der Waals surface area contributed by atoms with E-state index in [1.165, 1.54) is 30.8 Å². The average molecular weight is 422 g/mol. The smallest absolute Gasteiger partial charge is 0.351 e. The number of carboxylic acids is 1. The fourth-order valence-electron chi connectivity index (χ4n) is 2.84. The normalized spacial score (nSPS) is 22.0. The number of hydrogen-bond acceptors (Lipinski definition) is 9. The number of ether oxygens (including phenoxy) is 1. The number of nitrogen functional groups attached to an aromatic ring is 1. The molecule has 8 N–H and O–H groups in total. The molecule has 13 heteroatoms. The van der Waals surface area contributed by atoms with Crippen LogP contribution in [0, 0.1) is 0 Å². The zero-order chi connectivity index (χ0) is 22.3. The quantitative estimate of drug-likeness (QED) is 0.0953. The van der Waals surface area contributed by atoms with Crippen molar-refractivity contribution in [3.63, 3.8) is 0 Å². The molecule has 0 bridgehead atoms. The van der Waals surface area contributed by atoms with Crippen LogP contribution in [0.3, 0.4) is 0 Å². The molecule has 0 spiro atoms. The molecule has 0 aliphatic carbocycles. The zero-order valence-corrected chi connectivity index (χ0v) is 16.4. The summed E-state index contributed by atoms with van der Waals surface area (Å²) in [7, 11) is 1.77. The molecule has 1 aromatic rings. The molecule has 4 atom stereocenters. The van der Waals surface area contributed by atoms with Gasteiger partial charge in [0.25, 0.3) is 0 Å². The van der Waals surface area contributed by atoms with E-state index in [-0.39, 0.29) is 12.2 Å². The Morgan fingerprint density at radius 3 is 2.87 bits per heavy atom. The monoisotopic (exact) mass is 422 g/mol. The lowest BCUT2D eigenvalue weighted by Crippen LogP contribution is -2.51. The largest absolute Gasteiger partial charge is 0.479 e. The van der Waals surface area contributed by atoms with Crippen LogP contribution in [0.2, 0.25) is 0 Å². The number of carbonyl (C=O) groups excluding carboxylic acids is 1. The van der Waals surface area contributed by atoms with Crippen molar-refractivity contribution in [2.45, 2.75) is 37.3 Å². The van der Waals surface area contributed by atoms with E-state index in [4.69, 9.17) is 22.0 Å². The highest BCUT2D eigenvalue weighted by Gasteiger charge is 2.35. The molecule has 0 radical (unpaired) electrons. The van der Waals surface area contributed by atoms with Crippen molar-refractivity contribution in [1.82, 2.24) is 19.8 Å². The van der Waals surface area contributed by atoms with E-state index in [0.29, 0.717) is 13.0 Å². The molecule has 1 aliphatic rings. The number of rotatable bonds is 9. The molecule has 2 heterocycles. The number of hydrogen-bond donors (Lipinski definition) is 5. The standard InChI is InChI=1S/C17H26N8O5/c1-24(9-21-20)6-4-10(18)8-13(26)22-11-2-3-14(30-15(11)16(27)28)25-7-5-12(19)23-17(25)29/h2-3,5,7,9-11,14-15H,4,6,8,18,20H2,1H3,(H,22,26)(H,27,28)(H2,19,23,29)/t10?,11-,14-,15-/m0/s1. The predicted molar refractivity (Wildman–Crippen MR) is 108 cm³/mol. The van der Waals surface area contributed by atoms with Gasteiger partial charge in [-0.25, -0.2) is 9.59 Å². The summed E-state index contributed by atoms with van der Waals surface area (Å²) in [4.78, 5) is 41.2. The number of carbonyl (C=O) groups is 2. The average Bonchev–Trinajstić information content (AvgIpc) is 2.67. The Morgan fingerprint density at radius 1 is 1.50 bits per heavy atom. The van der Waals surface area contributed by atoms with Crippen LogP contribution in [-0.4, -0.2) is 69.6 Å². The summed E-state index contributed by atoms with van der Waals surface area (Å²) in [5.41, 5.74) is 10.7. The number of carboxylic acid groups (broad SMARTS) is 1. The van der Waals surface area contributed by atoms with E-state index < -0.39 is 42.0 Å². The fourth-order valence-corrected chi connectivity index (χ4v) is 2.84. The summed E-state index contributed by atoms with van der Waals surface area (Å²) in [5.74, 6) is 3.38. The van der Waals surface area contributed by atoms with Crippen LogP contribution in [0.5, 0.6) is 0 Å². The Kier molecular flexibility index (Phi) is 7.89. The Labute approximate surface area is 172 Å². The molecule has 2 rings (SSSR count). The van der Waals surface area contributed by atoms with E-state index in [1.54, 1.807) is 11.9 Å². The van der Waals surface area contributed by atoms with Crippen molar-refractivity contribution in [2.24, 2.45) is 16.7 Å². The van der Waals surface area contributed by atoms with E-state index in [1.807, 2.05) is 0 Å². The fraction of sp³-hybridized carbons (Fsp3) is 0.471. The number of hydrazone groups is 1. The molecule has 30 heavy (non-hydrogen) atoms. The number of nitrogens with one attached hydrogen (secondary N) is 1. The van der Waals surface area contributed by atoms with Gasteiger partial charge in [0.05, 0.1) is 6.04 Å². The summed E-state index contributed by atoms with van der Waals surface area (Å²) >= 11 is 0. The number of amides is 1. The Hall–Kier alpha value is -3.45. The molecule has 0 aromatic carbocycles. The summed E-state index contributed by atoms with van der Waals surface area (Å²) in [6, 6.07) is 0.0194. The Balaban J connectivity index is 2.00. The van der Waals surface area contributed by atoms with E-state index in [2.05, 4.69) is 15.4 Å². The first-order valence-electron chi connectivity index (χ1n) is 9.11. The number of aromatic nitrogens is 2. The van der Waals surface area contributed by atoms with Gasteiger partial charge < -0.3 is 37.4 Å². The summed E-state index contributed by atoms with van der Waals surface area (Å²) in [6.07, 6.45) is 3.81. The van der Waals surface area contributed by atoms with Gasteiger partial charge in [0.15, 0.2) is 12.3 Å². The number of anilines is 1. The molecule has 0 saturated carbocycles. The van der Waals surface area contributed by atoms with Crippen molar-refractivity contribution in [3.8, 4) is 0 Å². The minimum absolute atomic E-state index is 0.00491. The van der Waals surface area contributed by atoms with Crippen LogP contribution >= 0.6 is 0 Å². The molecular formula is C17H26N8O5. The minimum Gasteiger partial charge on any atom is -0.479 e. The van der Waals surface area contributed by atoms with Gasteiger partial charge in [0, 0.05) is 32.3 Å². The Bertz CT molecular complexity index is 870. The first-order valence-corrected chi connectivity index (χ1v) is 9.11. The topological polar surface area (TPSA) is 204 Å². The lowest BCUT2D eigenvalue weighted by atomic mass is 10.1. The van der Waals surface area contributed by atoms with E-state index >= 15 is 0 Å². The third-order valence-electron chi connectivity index (χ3n) is 4.36. The maximum Gasteiger partial charge on any atom is 0.351 e. The lowest BCUT2D eigenvalue weighted by Gasteiger charge is -2.31. The van der Waals surface area contributed by atoms with Crippen LogP contribution in [0.25, 0.3) is 0 Å². The maximum atomic E-state index is 12.3. The molecule has 0 saturated heterocycles. The minimum atomic E-state index is -1.41. The molecule has 1 amide bonds. The second kappa shape index (κ2) is 10.4. The highest BCUT2D eigenvalue weighted by atomic mass is 16.5. The first-order chi connectivity index (χ1) is 14.2. The summed E-state index contributed by atoms with van der Waals surface area (Å²) < 4.78 is 6.59. The van der Waals surface area contributed by atoms with Gasteiger partial charge in [-0.05, 0) is 18.6 Å². The van der Waals surface area contributed by atoms with E-state index in [0.717, 1.165) is 4.57 Å². The van der Waals surface area contributed by atoms with Crippen molar-refractivity contribution in [2.75, 3.05) is 19.3 Å². The molecule has 13 nitrogen and oxygen atoms in total. The lowest BCUT2D eigenvalue weighted by molar-refractivity contribution is -0.159. The first kappa shape index (κ1) is 22.8. The summed E-state index contributed by atoms with van der Waals surface area (Å²) in [5, 5.41) is 15.5. The third kappa shape index (κ3) is 6.28. The Morgan fingerprint density at radius 2 is 2.23 bits per heavy atom. The van der Waals surface area contributed by atoms with Gasteiger partial charge in [0.1, 0.15) is 12.2 Å². The van der Waals surface area contributed by atoms with Crippen molar-refractivity contribution < 1.29 is 19.4 Å². The van der Waals surface area contributed by atoms with Gasteiger partial charge in [0.2, 0.25) is 5.91 Å². The number of nitrogens with two attached hydrogens (primary N) is 3. The van der Waals surface area contributed by atoms with Gasteiger partial charge in [-0.2, -0.15) is 10.1 Å². The molecule has 164 valence electrons. The SMILES string of the molecule is CN(C=NN)CCC(N)CC(=O)N[C@H]1C=C[C@@H](n2ccc(N)nc2=O)O[C@@H]1C(=O)O. The van der Waals surface area contributed by atoms with Crippen LogP contribution in [0.1, 0.15) is 19.1 Å². The molecule has 1 aromatic heterocycles. The third-order valence-corrected chi connectivity index (χ3v) is 4.36. The molecular weight excluding hydrogens is 396 g/mol. The van der Waals surface area contributed by atoms with Crippen LogP contribution in [-0.2, 0) is 14.3 Å². The maximum absolute atomic E-state index is 12.3. The molecule has 0 fully saturated rings. The molecule has 1 aliphatic heterocycles. The van der Waals surface area contributed by atoms with Crippen molar-refractivity contribution >= 4 is 24.0 Å². The summed E-state index contributed by atoms with van der Waals surface area (Å²) in [6.45, 7) is 0.547. The highest BCUT2D eigenvalue weighted by Crippen LogP contribution is 2.20. The highest BCUT2D eigenvalue weighted by molar-refractivity contribution is 5.80. The number of aliphatic carboxylic acids is 1. The molecule has 1 unspecified atom stereocenters. The van der Waals surface area contributed by atoms with Crippen molar-refractivity contribution in [3.05, 3.63) is 34.9 Å². The van der Waals surface area contributed by atoms with Gasteiger partial charge >= 0.3 is 11.7 Å². The van der Waals surface area contributed by atoms with Crippen LogP contribution < -0.4 is 28.3 Å². The van der Waals surface area contributed by atoms with Crippen LogP contribution in [0.4, 0.5) is 5.82 Å². The second-order valence-electron chi connectivity index (χ2n) is 6.80. The van der Waals surface area contributed by atoms with Crippen molar-refractivity contribution in [1.29, 1.82) is 0 Å². The zero-order valence-electron chi connectivity index (χ0n) is 16.4. The predicted octanol–water partition coefficient (Wildman–Crippen LogP) is -2.21. The second-order valence-corrected chi connectivity index (χ2v) is 6.80.